The lowest BCUT2D eigenvalue weighted by Gasteiger charge is -2.30. The number of carboxylic acids is 1. The Labute approximate surface area is 134 Å². The molecule has 1 rings (SSSR count). The van der Waals surface area contributed by atoms with Crippen molar-refractivity contribution in [3.63, 3.8) is 0 Å². The third kappa shape index (κ3) is 5.04. The van der Waals surface area contributed by atoms with Crippen molar-refractivity contribution in [1.82, 2.24) is 0 Å². The molecule has 0 saturated heterocycles. The largest absolute Gasteiger partial charge is 0.508 e. The monoisotopic (exact) mass is 306 g/mol. The van der Waals surface area contributed by atoms with E-state index in [0.717, 1.165) is 56.1 Å². The highest BCUT2D eigenvalue weighted by molar-refractivity contribution is 5.75. The lowest BCUT2D eigenvalue weighted by Crippen LogP contribution is -2.33. The van der Waals surface area contributed by atoms with Crippen molar-refractivity contribution in [2.24, 2.45) is 5.41 Å². The van der Waals surface area contributed by atoms with Crippen LogP contribution in [0.2, 0.25) is 0 Å². The highest BCUT2D eigenvalue weighted by Gasteiger charge is 2.37. The normalized spacial score (nSPS) is 13.8. The molecule has 0 spiro atoms. The second-order valence-corrected chi connectivity index (χ2v) is 6.44. The van der Waals surface area contributed by atoms with Crippen molar-refractivity contribution in [3.8, 4) is 5.75 Å². The number of aliphatic carboxylic acids is 1. The molecule has 1 aromatic rings. The Balaban J connectivity index is 2.99. The van der Waals surface area contributed by atoms with Crippen LogP contribution in [0.3, 0.4) is 0 Å². The van der Waals surface area contributed by atoms with Crippen LogP contribution < -0.4 is 0 Å². The van der Waals surface area contributed by atoms with E-state index in [2.05, 4.69) is 13.8 Å². The molecule has 1 aromatic carbocycles. The van der Waals surface area contributed by atoms with Gasteiger partial charge >= 0.3 is 5.97 Å². The Kier molecular flexibility index (Phi) is 7.43. The van der Waals surface area contributed by atoms with E-state index in [1.165, 1.54) is 0 Å². The van der Waals surface area contributed by atoms with E-state index in [9.17, 15) is 15.0 Å². The first-order valence-corrected chi connectivity index (χ1v) is 8.47. The number of hydrogen-bond donors (Lipinski definition) is 2. The van der Waals surface area contributed by atoms with Crippen molar-refractivity contribution < 1.29 is 15.0 Å². The summed E-state index contributed by atoms with van der Waals surface area (Å²) in [6.45, 7) is 6.09. The highest BCUT2D eigenvalue weighted by atomic mass is 16.4. The molecule has 124 valence electrons. The average Bonchev–Trinajstić information content (AvgIpc) is 2.48. The number of rotatable bonds is 10. The van der Waals surface area contributed by atoms with Gasteiger partial charge in [0.25, 0.3) is 0 Å². The Morgan fingerprint density at radius 2 is 1.73 bits per heavy atom. The molecule has 22 heavy (non-hydrogen) atoms. The van der Waals surface area contributed by atoms with Gasteiger partial charge in [0.05, 0.1) is 5.41 Å². The Hall–Kier alpha value is -1.51. The minimum Gasteiger partial charge on any atom is -0.508 e. The van der Waals surface area contributed by atoms with Crippen molar-refractivity contribution in [2.45, 2.75) is 72.1 Å². The molecule has 0 saturated carbocycles. The fourth-order valence-corrected chi connectivity index (χ4v) is 3.04. The predicted octanol–water partition coefficient (Wildman–Crippen LogP) is 5.08. The molecule has 0 aliphatic carbocycles. The zero-order valence-electron chi connectivity index (χ0n) is 14.2. The quantitative estimate of drug-likeness (QED) is 0.592. The molecule has 3 heteroatoms. The van der Waals surface area contributed by atoms with Crippen LogP contribution in [0.4, 0.5) is 0 Å². The molecular formula is C19H30O3. The zero-order chi connectivity index (χ0) is 16.6. The number of carboxylic acid groups (broad SMARTS) is 1. The number of phenolic OH excluding ortho intramolecular Hbond substituents is 1. The van der Waals surface area contributed by atoms with Crippen LogP contribution in [0.5, 0.6) is 5.75 Å². The van der Waals surface area contributed by atoms with Crippen LogP contribution in [0.25, 0.3) is 0 Å². The summed E-state index contributed by atoms with van der Waals surface area (Å²) in [6.07, 6.45) is 7.10. The van der Waals surface area contributed by atoms with Gasteiger partial charge in [-0.15, -0.1) is 0 Å². The first-order valence-electron chi connectivity index (χ1n) is 8.47. The standard InChI is InChI=1S/C19H30O3/c1-4-6-8-12-19(18(21)22,11-7-5-2)14-16-9-10-17(20)15(3)13-16/h9-10,13,20H,4-8,11-12,14H2,1-3H3,(H,21,22). The van der Waals surface area contributed by atoms with Crippen LogP contribution in [0.15, 0.2) is 18.2 Å². The fraction of sp³-hybridized carbons (Fsp3) is 0.632. The topological polar surface area (TPSA) is 57.5 Å². The maximum Gasteiger partial charge on any atom is 0.309 e. The highest BCUT2D eigenvalue weighted by Crippen LogP contribution is 2.36. The molecule has 0 bridgehead atoms. The lowest BCUT2D eigenvalue weighted by molar-refractivity contribution is -0.150. The van der Waals surface area contributed by atoms with Gasteiger partial charge in [-0.05, 0) is 43.4 Å². The van der Waals surface area contributed by atoms with Gasteiger partial charge in [0.2, 0.25) is 0 Å². The number of aromatic hydroxyl groups is 1. The fourth-order valence-electron chi connectivity index (χ4n) is 3.04. The van der Waals surface area contributed by atoms with Gasteiger partial charge in [0.15, 0.2) is 0 Å². The van der Waals surface area contributed by atoms with Crippen molar-refractivity contribution >= 4 is 5.97 Å². The van der Waals surface area contributed by atoms with Gasteiger partial charge in [-0.3, -0.25) is 4.79 Å². The third-order valence-corrected chi connectivity index (χ3v) is 4.53. The summed E-state index contributed by atoms with van der Waals surface area (Å²) in [5, 5.41) is 19.5. The second kappa shape index (κ2) is 8.82. The van der Waals surface area contributed by atoms with Gasteiger partial charge in [0, 0.05) is 0 Å². The smallest absolute Gasteiger partial charge is 0.309 e. The zero-order valence-corrected chi connectivity index (χ0v) is 14.2. The molecule has 0 aliphatic heterocycles. The maximum atomic E-state index is 12.0. The van der Waals surface area contributed by atoms with Crippen molar-refractivity contribution in [3.05, 3.63) is 29.3 Å². The first kappa shape index (κ1) is 18.5. The summed E-state index contributed by atoms with van der Waals surface area (Å²) < 4.78 is 0. The molecule has 2 N–H and O–H groups in total. The molecule has 3 nitrogen and oxygen atoms in total. The number of phenols is 1. The molecule has 0 radical (unpaired) electrons. The summed E-state index contributed by atoms with van der Waals surface area (Å²) in [4.78, 5) is 12.0. The van der Waals surface area contributed by atoms with E-state index >= 15 is 0 Å². The van der Waals surface area contributed by atoms with Gasteiger partial charge in [-0.2, -0.15) is 0 Å². The molecule has 0 aliphatic rings. The van der Waals surface area contributed by atoms with Crippen molar-refractivity contribution in [1.29, 1.82) is 0 Å². The minimum absolute atomic E-state index is 0.268. The summed E-state index contributed by atoms with van der Waals surface area (Å²) >= 11 is 0. The molecule has 0 heterocycles. The van der Waals surface area contributed by atoms with E-state index in [1.54, 1.807) is 6.07 Å². The van der Waals surface area contributed by atoms with Crippen LogP contribution in [-0.2, 0) is 11.2 Å². The van der Waals surface area contributed by atoms with E-state index in [0.29, 0.717) is 6.42 Å². The van der Waals surface area contributed by atoms with Gasteiger partial charge < -0.3 is 10.2 Å². The van der Waals surface area contributed by atoms with Gasteiger partial charge in [-0.1, -0.05) is 58.1 Å². The minimum atomic E-state index is -0.678. The Bertz CT molecular complexity index is 482. The number of hydrogen-bond acceptors (Lipinski definition) is 2. The van der Waals surface area contributed by atoms with Crippen LogP contribution in [0, 0.1) is 12.3 Å². The summed E-state index contributed by atoms with van der Waals surface area (Å²) in [7, 11) is 0. The van der Waals surface area contributed by atoms with Crippen LogP contribution in [-0.4, -0.2) is 16.2 Å². The number of aryl methyl sites for hydroxylation is 1. The molecule has 0 aromatic heterocycles. The lowest BCUT2D eigenvalue weighted by atomic mass is 9.73. The molecule has 0 fully saturated rings. The summed E-state index contributed by atoms with van der Waals surface area (Å²) in [6, 6.07) is 5.44. The Morgan fingerprint density at radius 3 is 2.27 bits per heavy atom. The van der Waals surface area contributed by atoms with Gasteiger partial charge in [-0.25, -0.2) is 0 Å². The van der Waals surface area contributed by atoms with Gasteiger partial charge in [0.1, 0.15) is 5.75 Å². The van der Waals surface area contributed by atoms with E-state index in [1.807, 2.05) is 19.1 Å². The van der Waals surface area contributed by atoms with E-state index in [4.69, 9.17) is 0 Å². The van der Waals surface area contributed by atoms with Crippen molar-refractivity contribution in [2.75, 3.05) is 0 Å². The van der Waals surface area contributed by atoms with Crippen LogP contribution in [0.1, 0.15) is 69.9 Å². The SMILES string of the molecule is CCCCCC(CCCC)(Cc1ccc(O)c(C)c1)C(=O)O. The maximum absolute atomic E-state index is 12.0. The molecular weight excluding hydrogens is 276 g/mol. The molecule has 1 atom stereocenters. The summed E-state index contributed by atoms with van der Waals surface area (Å²) in [5.74, 6) is -0.410. The first-order chi connectivity index (χ1) is 10.4. The number of unbranched alkanes of at least 4 members (excludes halogenated alkanes) is 3. The van der Waals surface area contributed by atoms with E-state index in [-0.39, 0.29) is 5.75 Å². The predicted molar refractivity (Wildman–Crippen MR) is 90.3 cm³/mol. The van der Waals surface area contributed by atoms with Crippen LogP contribution >= 0.6 is 0 Å². The molecule has 1 unspecified atom stereocenters. The average molecular weight is 306 g/mol. The Morgan fingerprint density at radius 1 is 1.09 bits per heavy atom. The second-order valence-electron chi connectivity index (χ2n) is 6.44. The van der Waals surface area contributed by atoms with E-state index < -0.39 is 11.4 Å². The number of carbonyl (C=O) groups is 1. The number of benzene rings is 1. The summed E-state index contributed by atoms with van der Waals surface area (Å²) in [5.41, 5.74) is 1.14. The third-order valence-electron chi connectivity index (χ3n) is 4.53. The molecule has 0 amide bonds.